The van der Waals surface area contributed by atoms with E-state index in [4.69, 9.17) is 16.3 Å². The first-order valence-electron chi connectivity index (χ1n) is 9.77. The highest BCUT2D eigenvalue weighted by Crippen LogP contribution is 2.36. The van der Waals surface area contributed by atoms with Crippen LogP contribution >= 0.6 is 11.6 Å². The number of morpholine rings is 1. The molecule has 0 bridgehead atoms. The molecule has 2 aromatic carbocycles. The molecule has 0 saturated carbocycles. The van der Waals surface area contributed by atoms with Crippen LogP contribution in [-0.2, 0) is 10.9 Å². The Balaban J connectivity index is 1.66. The zero-order chi connectivity index (χ0) is 22.9. The Morgan fingerprint density at radius 3 is 2.56 bits per heavy atom. The number of amides is 1. The lowest BCUT2D eigenvalue weighted by atomic mass is 10.1. The van der Waals surface area contributed by atoms with Crippen molar-refractivity contribution in [2.45, 2.75) is 13.1 Å². The maximum absolute atomic E-state index is 13.3. The summed E-state index contributed by atoms with van der Waals surface area (Å²) in [5, 5.41) is 11.5. The van der Waals surface area contributed by atoms with Crippen LogP contribution in [0.4, 0.5) is 24.5 Å². The zero-order valence-electron chi connectivity index (χ0n) is 17.0. The van der Waals surface area contributed by atoms with Gasteiger partial charge in [-0.3, -0.25) is 4.79 Å². The Labute approximate surface area is 186 Å². The van der Waals surface area contributed by atoms with Crippen molar-refractivity contribution in [3.63, 3.8) is 0 Å². The van der Waals surface area contributed by atoms with Crippen LogP contribution in [-0.4, -0.2) is 47.2 Å². The van der Waals surface area contributed by atoms with Gasteiger partial charge in [0.15, 0.2) is 5.69 Å². The van der Waals surface area contributed by atoms with Gasteiger partial charge >= 0.3 is 6.18 Å². The number of hydrogen-bond donors (Lipinski definition) is 1. The average Bonchev–Trinajstić information content (AvgIpc) is 3.15. The van der Waals surface area contributed by atoms with Crippen LogP contribution in [0.1, 0.15) is 21.7 Å². The molecule has 1 saturated heterocycles. The normalized spacial score (nSPS) is 14.5. The van der Waals surface area contributed by atoms with Gasteiger partial charge in [-0.2, -0.15) is 23.1 Å². The van der Waals surface area contributed by atoms with Gasteiger partial charge in [0.2, 0.25) is 0 Å². The molecule has 0 radical (unpaired) electrons. The maximum atomic E-state index is 13.3. The minimum atomic E-state index is -4.55. The molecule has 2 heterocycles. The lowest BCUT2D eigenvalue weighted by molar-refractivity contribution is -0.137. The second-order valence-corrected chi connectivity index (χ2v) is 7.62. The molecule has 1 amide bonds. The Bertz CT molecular complexity index is 1140. The van der Waals surface area contributed by atoms with E-state index in [1.54, 1.807) is 31.2 Å². The van der Waals surface area contributed by atoms with Gasteiger partial charge in [-0.05, 0) is 43.3 Å². The third kappa shape index (κ3) is 4.71. The third-order valence-corrected chi connectivity index (χ3v) is 5.20. The monoisotopic (exact) mass is 465 g/mol. The molecule has 0 unspecified atom stereocenters. The van der Waals surface area contributed by atoms with Gasteiger partial charge in [0.05, 0.1) is 41.5 Å². The summed E-state index contributed by atoms with van der Waals surface area (Å²) >= 11 is 6.00. The molecule has 0 atom stereocenters. The van der Waals surface area contributed by atoms with E-state index in [2.05, 4.69) is 15.5 Å². The van der Waals surface area contributed by atoms with Crippen LogP contribution in [0.25, 0.3) is 5.69 Å². The van der Waals surface area contributed by atoms with Crippen LogP contribution in [0.2, 0.25) is 5.02 Å². The van der Waals surface area contributed by atoms with E-state index in [-0.39, 0.29) is 11.4 Å². The van der Waals surface area contributed by atoms with Gasteiger partial charge in [0.1, 0.15) is 0 Å². The van der Waals surface area contributed by atoms with Gasteiger partial charge in [-0.25, -0.2) is 0 Å². The first kappa shape index (κ1) is 22.1. The summed E-state index contributed by atoms with van der Waals surface area (Å²) in [5.41, 5.74) is 0.535. The number of nitrogens with one attached hydrogen (secondary N) is 1. The van der Waals surface area contributed by atoms with Crippen molar-refractivity contribution in [2.24, 2.45) is 0 Å². The summed E-state index contributed by atoms with van der Waals surface area (Å²) in [4.78, 5) is 16.1. The number of carbonyl (C=O) groups is 1. The number of aromatic nitrogens is 3. The quantitative estimate of drug-likeness (QED) is 0.620. The van der Waals surface area contributed by atoms with E-state index in [1.807, 2.05) is 4.90 Å². The topological polar surface area (TPSA) is 72.3 Å². The summed E-state index contributed by atoms with van der Waals surface area (Å²) in [6, 6.07) is 10.0. The first-order chi connectivity index (χ1) is 15.2. The fourth-order valence-corrected chi connectivity index (χ4v) is 3.56. The smallest absolute Gasteiger partial charge is 0.378 e. The standard InChI is InChI=1S/C21H19ClF3N5O2/c1-13-19(28-30(27-13)16-4-2-3-15(22)12-16)20(31)26-17-11-14(21(23,24)25)5-6-18(17)29-7-9-32-10-8-29/h2-6,11-12H,7-10H2,1H3,(H,26,31). The largest absolute Gasteiger partial charge is 0.416 e. The highest BCUT2D eigenvalue weighted by Gasteiger charge is 2.32. The van der Waals surface area contributed by atoms with Crippen molar-refractivity contribution in [1.29, 1.82) is 0 Å². The fraction of sp³-hybridized carbons (Fsp3) is 0.286. The van der Waals surface area contributed by atoms with E-state index in [1.165, 1.54) is 10.9 Å². The molecule has 1 aliphatic rings. The summed E-state index contributed by atoms with van der Waals surface area (Å²) < 4.78 is 45.2. The minimum absolute atomic E-state index is 0.00434. The van der Waals surface area contributed by atoms with Gasteiger partial charge in [-0.15, -0.1) is 5.10 Å². The fourth-order valence-electron chi connectivity index (χ4n) is 3.38. The molecule has 0 aliphatic carbocycles. The number of hydrogen-bond acceptors (Lipinski definition) is 5. The lowest BCUT2D eigenvalue weighted by Crippen LogP contribution is -2.37. The van der Waals surface area contributed by atoms with Crippen LogP contribution in [0, 0.1) is 6.92 Å². The number of alkyl halides is 3. The molecule has 1 N–H and O–H groups in total. The highest BCUT2D eigenvalue weighted by atomic mass is 35.5. The van der Waals surface area contributed by atoms with Gasteiger partial charge in [0, 0.05) is 18.1 Å². The van der Waals surface area contributed by atoms with Crippen molar-refractivity contribution in [2.75, 3.05) is 36.5 Å². The van der Waals surface area contributed by atoms with Crippen molar-refractivity contribution in [3.8, 4) is 5.69 Å². The van der Waals surface area contributed by atoms with Crippen LogP contribution < -0.4 is 10.2 Å². The molecule has 7 nitrogen and oxygen atoms in total. The second kappa shape index (κ2) is 8.79. The Morgan fingerprint density at radius 2 is 1.88 bits per heavy atom. The van der Waals surface area contributed by atoms with Crippen molar-refractivity contribution < 1.29 is 22.7 Å². The predicted molar refractivity (Wildman–Crippen MR) is 114 cm³/mol. The number of halogens is 4. The first-order valence-corrected chi connectivity index (χ1v) is 10.2. The maximum Gasteiger partial charge on any atom is 0.416 e. The van der Waals surface area contributed by atoms with Crippen molar-refractivity contribution >= 4 is 28.9 Å². The number of carbonyl (C=O) groups excluding carboxylic acids is 1. The molecule has 1 aromatic heterocycles. The Hall–Kier alpha value is -3.11. The predicted octanol–water partition coefficient (Wildman–Crippen LogP) is 4.34. The van der Waals surface area contributed by atoms with Crippen LogP contribution in [0.3, 0.4) is 0 Å². The van der Waals surface area contributed by atoms with Crippen LogP contribution in [0.5, 0.6) is 0 Å². The Kier molecular flexibility index (Phi) is 6.07. The molecular weight excluding hydrogens is 447 g/mol. The molecule has 1 fully saturated rings. The number of nitrogens with zero attached hydrogens (tertiary/aromatic N) is 4. The number of ether oxygens (including phenoxy) is 1. The number of anilines is 2. The van der Waals surface area contributed by atoms with E-state index < -0.39 is 17.6 Å². The molecular formula is C21H19ClF3N5O2. The molecule has 1 aliphatic heterocycles. The van der Waals surface area contributed by atoms with E-state index in [0.29, 0.717) is 48.4 Å². The van der Waals surface area contributed by atoms with Crippen molar-refractivity contribution in [3.05, 3.63) is 64.4 Å². The molecule has 4 rings (SSSR count). The highest BCUT2D eigenvalue weighted by molar-refractivity contribution is 6.30. The van der Waals surface area contributed by atoms with E-state index in [9.17, 15) is 18.0 Å². The summed E-state index contributed by atoms with van der Waals surface area (Å²) in [6.07, 6.45) is -4.55. The van der Waals surface area contributed by atoms with E-state index >= 15 is 0 Å². The SMILES string of the molecule is Cc1nn(-c2cccc(Cl)c2)nc1C(=O)Nc1cc(C(F)(F)F)ccc1N1CCOCC1. The number of rotatable bonds is 4. The summed E-state index contributed by atoms with van der Waals surface area (Å²) in [7, 11) is 0. The minimum Gasteiger partial charge on any atom is -0.378 e. The molecule has 3 aromatic rings. The molecule has 0 spiro atoms. The second-order valence-electron chi connectivity index (χ2n) is 7.19. The molecule has 168 valence electrons. The van der Waals surface area contributed by atoms with E-state index in [0.717, 1.165) is 12.1 Å². The number of aryl methyl sites for hydroxylation is 1. The zero-order valence-corrected chi connectivity index (χ0v) is 17.7. The summed E-state index contributed by atoms with van der Waals surface area (Å²) in [6.45, 7) is 3.48. The average molecular weight is 466 g/mol. The Morgan fingerprint density at radius 1 is 1.12 bits per heavy atom. The van der Waals surface area contributed by atoms with Crippen LogP contribution in [0.15, 0.2) is 42.5 Å². The molecule has 32 heavy (non-hydrogen) atoms. The van der Waals surface area contributed by atoms with Gasteiger partial charge in [0.25, 0.3) is 5.91 Å². The third-order valence-electron chi connectivity index (χ3n) is 4.96. The van der Waals surface area contributed by atoms with Gasteiger partial charge in [-0.1, -0.05) is 17.7 Å². The van der Waals surface area contributed by atoms with Gasteiger partial charge < -0.3 is 15.0 Å². The summed E-state index contributed by atoms with van der Waals surface area (Å²) in [5.74, 6) is -0.662. The lowest BCUT2D eigenvalue weighted by Gasteiger charge is -2.31. The molecule has 11 heteroatoms. The number of benzene rings is 2. The van der Waals surface area contributed by atoms with Crippen molar-refractivity contribution in [1.82, 2.24) is 15.0 Å².